The third-order valence-corrected chi connectivity index (χ3v) is 2.73. The maximum absolute atomic E-state index is 11.0. The maximum atomic E-state index is 11.0. The number of hydrogen-bond acceptors (Lipinski definition) is 6. The number of aliphatic hydroxyl groups excluding tert-OH is 1. The van der Waals surface area contributed by atoms with E-state index in [4.69, 9.17) is 18.9 Å². The SMILES string of the molecule is CO[C@@H]1[C@H]2OC(=O)O[C@H]2C(O)OC1(C)C. The van der Waals surface area contributed by atoms with Gasteiger partial charge in [0.05, 0.1) is 5.60 Å². The van der Waals surface area contributed by atoms with Crippen LogP contribution in [0.15, 0.2) is 0 Å². The van der Waals surface area contributed by atoms with Crippen LogP contribution in [0.2, 0.25) is 0 Å². The first-order valence-electron chi connectivity index (χ1n) is 4.71. The van der Waals surface area contributed by atoms with E-state index in [1.165, 1.54) is 7.11 Å². The highest BCUT2D eigenvalue weighted by atomic mass is 16.8. The molecule has 2 fully saturated rings. The van der Waals surface area contributed by atoms with Gasteiger partial charge >= 0.3 is 6.16 Å². The zero-order chi connectivity index (χ0) is 11.2. The summed E-state index contributed by atoms with van der Waals surface area (Å²) in [7, 11) is 1.50. The van der Waals surface area contributed by atoms with Crippen LogP contribution in [-0.4, -0.2) is 48.6 Å². The Morgan fingerprint density at radius 2 is 1.93 bits per heavy atom. The molecule has 2 aliphatic heterocycles. The van der Waals surface area contributed by atoms with E-state index >= 15 is 0 Å². The zero-order valence-corrected chi connectivity index (χ0v) is 8.80. The fraction of sp³-hybridized carbons (Fsp3) is 0.889. The van der Waals surface area contributed by atoms with Gasteiger partial charge < -0.3 is 24.1 Å². The third kappa shape index (κ3) is 1.58. The van der Waals surface area contributed by atoms with E-state index in [2.05, 4.69) is 0 Å². The van der Waals surface area contributed by atoms with Gasteiger partial charge in [-0.1, -0.05) is 0 Å². The van der Waals surface area contributed by atoms with Crippen molar-refractivity contribution in [2.24, 2.45) is 0 Å². The molecule has 2 rings (SSSR count). The summed E-state index contributed by atoms with van der Waals surface area (Å²) in [5.41, 5.74) is -0.733. The van der Waals surface area contributed by atoms with Crippen molar-refractivity contribution in [2.45, 2.75) is 44.1 Å². The topological polar surface area (TPSA) is 74.2 Å². The fourth-order valence-corrected chi connectivity index (χ4v) is 2.10. The molecule has 2 aliphatic rings. The summed E-state index contributed by atoms with van der Waals surface area (Å²) in [6.45, 7) is 3.51. The molecule has 0 aromatic carbocycles. The lowest BCUT2D eigenvalue weighted by atomic mass is 9.90. The highest BCUT2D eigenvalue weighted by Crippen LogP contribution is 2.36. The van der Waals surface area contributed by atoms with Crippen LogP contribution in [0.25, 0.3) is 0 Å². The van der Waals surface area contributed by atoms with Crippen molar-refractivity contribution in [1.82, 2.24) is 0 Å². The molecule has 15 heavy (non-hydrogen) atoms. The van der Waals surface area contributed by atoms with Gasteiger partial charge in [0.2, 0.25) is 0 Å². The van der Waals surface area contributed by atoms with Crippen LogP contribution in [0.3, 0.4) is 0 Å². The molecule has 0 aromatic rings. The van der Waals surface area contributed by atoms with Crippen molar-refractivity contribution in [2.75, 3.05) is 7.11 Å². The summed E-state index contributed by atoms with van der Waals surface area (Å²) in [4.78, 5) is 11.0. The Morgan fingerprint density at radius 1 is 1.33 bits per heavy atom. The number of fused-ring (bicyclic) bond motifs is 1. The van der Waals surface area contributed by atoms with Gasteiger partial charge in [0, 0.05) is 7.11 Å². The molecule has 0 radical (unpaired) electrons. The quantitative estimate of drug-likeness (QED) is 0.626. The molecule has 0 bridgehead atoms. The van der Waals surface area contributed by atoms with Crippen molar-refractivity contribution >= 4 is 6.16 Å². The van der Waals surface area contributed by atoms with Crippen LogP contribution in [0.5, 0.6) is 0 Å². The number of aliphatic hydroxyl groups is 1. The largest absolute Gasteiger partial charge is 0.509 e. The summed E-state index contributed by atoms with van der Waals surface area (Å²) in [6, 6.07) is 0. The first kappa shape index (κ1) is 10.7. The Labute approximate surface area is 87.1 Å². The lowest BCUT2D eigenvalue weighted by Gasteiger charge is -2.43. The van der Waals surface area contributed by atoms with Crippen molar-refractivity contribution in [3.05, 3.63) is 0 Å². The minimum Gasteiger partial charge on any atom is -0.424 e. The number of carbonyl (C=O) groups excluding carboxylic acids is 1. The lowest BCUT2D eigenvalue weighted by molar-refractivity contribution is -0.291. The van der Waals surface area contributed by atoms with Crippen LogP contribution in [0, 0.1) is 0 Å². The van der Waals surface area contributed by atoms with Gasteiger partial charge in [0.1, 0.15) is 6.10 Å². The maximum Gasteiger partial charge on any atom is 0.509 e. The van der Waals surface area contributed by atoms with E-state index < -0.39 is 36.4 Å². The first-order chi connectivity index (χ1) is 6.95. The Kier molecular flexibility index (Phi) is 2.37. The second-order valence-electron chi connectivity index (χ2n) is 4.18. The predicted molar refractivity (Wildman–Crippen MR) is 47.1 cm³/mol. The van der Waals surface area contributed by atoms with E-state index in [9.17, 15) is 9.90 Å². The summed E-state index contributed by atoms with van der Waals surface area (Å²) in [6.07, 6.45) is -3.87. The van der Waals surface area contributed by atoms with E-state index in [1.807, 2.05) is 0 Å². The molecule has 0 amide bonds. The summed E-state index contributed by atoms with van der Waals surface area (Å²) >= 11 is 0. The molecule has 0 aliphatic carbocycles. The van der Waals surface area contributed by atoms with Crippen LogP contribution >= 0.6 is 0 Å². The average molecular weight is 218 g/mol. The lowest BCUT2D eigenvalue weighted by Crippen LogP contribution is -2.61. The fourth-order valence-electron chi connectivity index (χ4n) is 2.10. The Bertz CT molecular complexity index is 276. The van der Waals surface area contributed by atoms with Gasteiger partial charge in [-0.2, -0.15) is 0 Å². The van der Waals surface area contributed by atoms with Crippen LogP contribution in [-0.2, 0) is 18.9 Å². The molecule has 2 saturated heterocycles. The van der Waals surface area contributed by atoms with Crippen LogP contribution in [0.4, 0.5) is 4.79 Å². The van der Waals surface area contributed by atoms with Crippen LogP contribution < -0.4 is 0 Å². The third-order valence-electron chi connectivity index (χ3n) is 2.73. The molecule has 6 heteroatoms. The molecular formula is C9H14O6. The Balaban J connectivity index is 2.26. The predicted octanol–water partition coefficient (Wildman–Crippen LogP) is 0.0326. The monoisotopic (exact) mass is 218 g/mol. The standard InChI is InChI=1S/C9H14O6/c1-9(2)6(12-3)4-5(7(10)15-9)14-8(11)13-4/h4-7,10H,1-3H3/t4-,5+,6+,7?/m0/s1. The smallest absolute Gasteiger partial charge is 0.424 e. The summed E-state index contributed by atoms with van der Waals surface area (Å²) < 4.78 is 20.3. The van der Waals surface area contributed by atoms with Gasteiger partial charge in [0.15, 0.2) is 18.5 Å². The Hall–Kier alpha value is -0.850. The molecule has 2 heterocycles. The highest BCUT2D eigenvalue weighted by molar-refractivity contribution is 5.63. The molecule has 0 aromatic heterocycles. The van der Waals surface area contributed by atoms with Gasteiger partial charge in [0.25, 0.3) is 0 Å². The highest BCUT2D eigenvalue weighted by Gasteiger charge is 2.57. The molecule has 4 atom stereocenters. The number of hydrogen-bond donors (Lipinski definition) is 1. The van der Waals surface area contributed by atoms with Crippen LogP contribution in [0.1, 0.15) is 13.8 Å². The molecule has 0 saturated carbocycles. The van der Waals surface area contributed by atoms with Gasteiger partial charge in [-0.15, -0.1) is 0 Å². The van der Waals surface area contributed by atoms with Crippen molar-refractivity contribution in [1.29, 1.82) is 0 Å². The van der Waals surface area contributed by atoms with Crippen molar-refractivity contribution in [3.63, 3.8) is 0 Å². The molecule has 1 N–H and O–H groups in total. The van der Waals surface area contributed by atoms with E-state index in [0.29, 0.717) is 0 Å². The van der Waals surface area contributed by atoms with E-state index in [1.54, 1.807) is 13.8 Å². The second kappa shape index (κ2) is 3.33. The number of carbonyl (C=O) groups is 1. The molecule has 0 spiro atoms. The zero-order valence-electron chi connectivity index (χ0n) is 8.80. The van der Waals surface area contributed by atoms with E-state index in [0.717, 1.165) is 0 Å². The normalized spacial score (nSPS) is 43.1. The number of methoxy groups -OCH3 is 1. The summed E-state index contributed by atoms with van der Waals surface area (Å²) in [5.74, 6) is 0. The molecule has 86 valence electrons. The first-order valence-corrected chi connectivity index (χ1v) is 4.71. The average Bonchev–Trinajstić information content (AvgIpc) is 2.46. The van der Waals surface area contributed by atoms with Gasteiger partial charge in [-0.3, -0.25) is 0 Å². The molecular weight excluding hydrogens is 204 g/mol. The Morgan fingerprint density at radius 3 is 2.53 bits per heavy atom. The molecule has 1 unspecified atom stereocenters. The van der Waals surface area contributed by atoms with Gasteiger partial charge in [-0.05, 0) is 13.8 Å². The minimum atomic E-state index is -1.18. The summed E-state index contributed by atoms with van der Waals surface area (Å²) in [5, 5.41) is 9.61. The molecule has 6 nitrogen and oxygen atoms in total. The number of rotatable bonds is 1. The van der Waals surface area contributed by atoms with Crippen molar-refractivity contribution < 1.29 is 28.8 Å². The van der Waals surface area contributed by atoms with Crippen molar-refractivity contribution in [3.8, 4) is 0 Å². The van der Waals surface area contributed by atoms with E-state index in [-0.39, 0.29) is 0 Å². The second-order valence-corrected chi connectivity index (χ2v) is 4.18. The van der Waals surface area contributed by atoms with Gasteiger partial charge in [-0.25, -0.2) is 4.79 Å². The number of ether oxygens (including phenoxy) is 4. The minimum absolute atomic E-state index is 0.461.